The number of phenolic OH excluding ortho intramolecular Hbond substituents is 1. The molecule has 1 amide bonds. The number of hydrazone groups is 1. The lowest BCUT2D eigenvalue weighted by Gasteiger charge is -2.02. The van der Waals surface area contributed by atoms with E-state index < -0.39 is 0 Å². The molecule has 0 aliphatic rings. The molecule has 0 bridgehead atoms. The van der Waals surface area contributed by atoms with E-state index in [0.717, 1.165) is 22.3 Å². The SMILES string of the molecule is O=C(N/N=C/c1ccc(O)cc1)c1cc(-c2ccc(-c3ccccc3)cc2)n[nH]1. The minimum atomic E-state index is -0.389. The fourth-order valence-electron chi connectivity index (χ4n) is 2.84. The second-order valence-corrected chi connectivity index (χ2v) is 6.40. The van der Waals surface area contributed by atoms with Crippen molar-refractivity contribution in [3.63, 3.8) is 0 Å². The van der Waals surface area contributed by atoms with E-state index in [1.165, 1.54) is 6.21 Å². The monoisotopic (exact) mass is 382 g/mol. The highest BCUT2D eigenvalue weighted by molar-refractivity contribution is 5.94. The third-order valence-corrected chi connectivity index (χ3v) is 4.38. The Bertz CT molecular complexity index is 1130. The zero-order valence-electron chi connectivity index (χ0n) is 15.4. The fourth-order valence-corrected chi connectivity index (χ4v) is 2.84. The van der Waals surface area contributed by atoms with Crippen LogP contribution < -0.4 is 5.43 Å². The van der Waals surface area contributed by atoms with Gasteiger partial charge in [0, 0.05) is 5.56 Å². The summed E-state index contributed by atoms with van der Waals surface area (Å²) < 4.78 is 0. The van der Waals surface area contributed by atoms with Crippen molar-refractivity contribution >= 4 is 12.1 Å². The third kappa shape index (κ3) is 4.39. The summed E-state index contributed by atoms with van der Waals surface area (Å²) in [5.74, 6) is -0.215. The predicted octanol–water partition coefficient (Wildman–Crippen LogP) is 4.21. The summed E-state index contributed by atoms with van der Waals surface area (Å²) in [5.41, 5.74) is 7.38. The first kappa shape index (κ1) is 18.2. The number of nitrogens with one attached hydrogen (secondary N) is 2. The van der Waals surface area contributed by atoms with Crippen molar-refractivity contribution in [3.8, 4) is 28.1 Å². The Labute approximate surface area is 167 Å². The highest BCUT2D eigenvalue weighted by Crippen LogP contribution is 2.24. The molecule has 0 aliphatic carbocycles. The van der Waals surface area contributed by atoms with E-state index in [1.54, 1.807) is 30.3 Å². The number of carbonyl (C=O) groups is 1. The van der Waals surface area contributed by atoms with Crippen molar-refractivity contribution < 1.29 is 9.90 Å². The summed E-state index contributed by atoms with van der Waals surface area (Å²) in [6.45, 7) is 0. The number of carbonyl (C=O) groups excluding carboxylic acids is 1. The number of hydrogen-bond acceptors (Lipinski definition) is 4. The topological polar surface area (TPSA) is 90.4 Å². The number of aromatic nitrogens is 2. The van der Waals surface area contributed by atoms with Crippen molar-refractivity contribution in [1.29, 1.82) is 0 Å². The minimum absolute atomic E-state index is 0.174. The molecule has 0 saturated carbocycles. The van der Waals surface area contributed by atoms with Crippen molar-refractivity contribution in [2.75, 3.05) is 0 Å². The largest absolute Gasteiger partial charge is 0.508 e. The average Bonchev–Trinajstić information content (AvgIpc) is 3.26. The van der Waals surface area contributed by atoms with E-state index in [2.05, 4.69) is 32.9 Å². The molecule has 3 N–H and O–H groups in total. The quantitative estimate of drug-likeness (QED) is 0.357. The predicted molar refractivity (Wildman–Crippen MR) is 113 cm³/mol. The Balaban J connectivity index is 1.42. The second-order valence-electron chi connectivity index (χ2n) is 6.40. The molecule has 29 heavy (non-hydrogen) atoms. The first-order valence-corrected chi connectivity index (χ1v) is 9.03. The highest BCUT2D eigenvalue weighted by atomic mass is 16.3. The van der Waals surface area contributed by atoms with E-state index in [4.69, 9.17) is 0 Å². The van der Waals surface area contributed by atoms with Crippen LogP contribution in [-0.4, -0.2) is 27.4 Å². The molecule has 4 rings (SSSR count). The smallest absolute Gasteiger partial charge is 0.289 e. The van der Waals surface area contributed by atoms with E-state index >= 15 is 0 Å². The molecule has 3 aromatic carbocycles. The lowest BCUT2D eigenvalue weighted by Crippen LogP contribution is -2.17. The summed E-state index contributed by atoms with van der Waals surface area (Å²) in [5, 5.41) is 20.1. The Kier molecular flexibility index (Phi) is 5.16. The molecular weight excluding hydrogens is 364 g/mol. The first-order valence-electron chi connectivity index (χ1n) is 9.03. The Morgan fingerprint density at radius 2 is 1.55 bits per heavy atom. The van der Waals surface area contributed by atoms with Crippen molar-refractivity contribution in [2.24, 2.45) is 5.10 Å². The van der Waals surface area contributed by atoms with Gasteiger partial charge in [-0.1, -0.05) is 54.6 Å². The zero-order chi connectivity index (χ0) is 20.1. The standard InChI is InChI=1S/C23H18N4O2/c28-20-12-6-16(7-13-20)15-24-27-23(29)22-14-21(25-26-22)19-10-8-18(9-11-19)17-4-2-1-3-5-17/h1-15,28H,(H,25,26)(H,27,29)/b24-15+. The molecular formula is C23H18N4O2. The van der Waals surface area contributed by atoms with E-state index in [0.29, 0.717) is 11.4 Å². The molecule has 0 unspecified atom stereocenters. The van der Waals surface area contributed by atoms with E-state index in [1.807, 2.05) is 42.5 Å². The second kappa shape index (κ2) is 8.22. The number of aromatic amines is 1. The maximum atomic E-state index is 12.2. The zero-order valence-corrected chi connectivity index (χ0v) is 15.4. The highest BCUT2D eigenvalue weighted by Gasteiger charge is 2.10. The Hall–Kier alpha value is -4.19. The van der Waals surface area contributed by atoms with E-state index in [-0.39, 0.29) is 11.7 Å². The van der Waals surface area contributed by atoms with Crippen LogP contribution in [0.15, 0.2) is 90.0 Å². The van der Waals surface area contributed by atoms with Gasteiger partial charge in [0.2, 0.25) is 0 Å². The number of amides is 1. The van der Waals surface area contributed by atoms with Crippen molar-refractivity contribution in [3.05, 3.63) is 96.2 Å². The number of phenols is 1. The number of hydrogen-bond donors (Lipinski definition) is 3. The lowest BCUT2D eigenvalue weighted by molar-refractivity contribution is 0.0950. The van der Waals surface area contributed by atoms with Crippen LogP contribution >= 0.6 is 0 Å². The minimum Gasteiger partial charge on any atom is -0.508 e. The number of nitrogens with zero attached hydrogens (tertiary/aromatic N) is 2. The van der Waals surface area contributed by atoms with Crippen molar-refractivity contribution in [2.45, 2.75) is 0 Å². The van der Waals surface area contributed by atoms with Crippen LogP contribution in [0.2, 0.25) is 0 Å². The number of H-pyrrole nitrogens is 1. The van der Waals surface area contributed by atoms with Crippen LogP contribution in [0, 0.1) is 0 Å². The molecule has 0 fully saturated rings. The molecule has 0 spiro atoms. The summed E-state index contributed by atoms with van der Waals surface area (Å²) >= 11 is 0. The van der Waals surface area contributed by atoms with Gasteiger partial charge in [0.15, 0.2) is 0 Å². The maximum Gasteiger partial charge on any atom is 0.289 e. The van der Waals surface area contributed by atoms with Gasteiger partial charge >= 0.3 is 0 Å². The molecule has 1 aromatic heterocycles. The van der Waals surface area contributed by atoms with Crippen LogP contribution in [0.5, 0.6) is 5.75 Å². The Morgan fingerprint density at radius 1 is 0.897 bits per heavy atom. The molecule has 6 nitrogen and oxygen atoms in total. The van der Waals surface area contributed by atoms with Crippen LogP contribution in [0.1, 0.15) is 16.1 Å². The summed E-state index contributed by atoms with van der Waals surface area (Å²) in [6.07, 6.45) is 1.50. The molecule has 0 radical (unpaired) electrons. The molecule has 1 heterocycles. The van der Waals surface area contributed by atoms with Crippen LogP contribution in [-0.2, 0) is 0 Å². The normalized spacial score (nSPS) is 10.9. The van der Waals surface area contributed by atoms with Gasteiger partial charge in [-0.3, -0.25) is 9.89 Å². The molecule has 142 valence electrons. The summed E-state index contributed by atoms with van der Waals surface area (Å²) in [6, 6.07) is 26.3. The number of aromatic hydroxyl groups is 1. The third-order valence-electron chi connectivity index (χ3n) is 4.38. The molecule has 0 aliphatic heterocycles. The summed E-state index contributed by atoms with van der Waals surface area (Å²) in [7, 11) is 0. The maximum absolute atomic E-state index is 12.2. The van der Waals surface area contributed by atoms with Gasteiger partial charge in [-0.25, -0.2) is 5.43 Å². The van der Waals surface area contributed by atoms with Gasteiger partial charge < -0.3 is 5.11 Å². The van der Waals surface area contributed by atoms with Crippen LogP contribution in [0.25, 0.3) is 22.4 Å². The summed E-state index contributed by atoms with van der Waals surface area (Å²) in [4.78, 5) is 12.2. The van der Waals surface area contributed by atoms with Gasteiger partial charge in [0.25, 0.3) is 5.91 Å². The van der Waals surface area contributed by atoms with E-state index in [9.17, 15) is 9.90 Å². The molecule has 0 saturated heterocycles. The van der Waals surface area contributed by atoms with Gasteiger partial charge in [0.05, 0.1) is 11.9 Å². The van der Waals surface area contributed by atoms with Crippen molar-refractivity contribution in [1.82, 2.24) is 15.6 Å². The van der Waals surface area contributed by atoms with Crippen LogP contribution in [0.4, 0.5) is 0 Å². The lowest BCUT2D eigenvalue weighted by atomic mass is 10.0. The molecule has 6 heteroatoms. The fraction of sp³-hybridized carbons (Fsp3) is 0. The van der Waals surface area contributed by atoms with Gasteiger partial charge in [-0.15, -0.1) is 0 Å². The average molecular weight is 382 g/mol. The number of benzene rings is 3. The molecule has 0 atom stereocenters. The first-order chi connectivity index (χ1) is 14.2. The number of rotatable bonds is 5. The molecule has 4 aromatic rings. The Morgan fingerprint density at radius 3 is 2.28 bits per heavy atom. The van der Waals surface area contributed by atoms with Gasteiger partial charge in [0.1, 0.15) is 11.4 Å². The van der Waals surface area contributed by atoms with Crippen LogP contribution in [0.3, 0.4) is 0 Å². The van der Waals surface area contributed by atoms with Gasteiger partial charge in [-0.05, 0) is 47.0 Å². The van der Waals surface area contributed by atoms with Gasteiger partial charge in [-0.2, -0.15) is 10.2 Å².